The molecule has 1 aromatic carbocycles. The van der Waals surface area contributed by atoms with Crippen LogP contribution in [0.2, 0.25) is 0 Å². The van der Waals surface area contributed by atoms with Crippen molar-refractivity contribution in [1.29, 1.82) is 0 Å². The highest BCUT2D eigenvalue weighted by Crippen LogP contribution is 2.25. The number of nitrogens with one attached hydrogen (secondary N) is 1. The number of carbonyl (C=O) groups is 1. The lowest BCUT2D eigenvalue weighted by atomic mass is 10.1. The molecule has 0 spiro atoms. The molecule has 0 aliphatic carbocycles. The van der Waals surface area contributed by atoms with Gasteiger partial charge in [0, 0.05) is 26.0 Å². The third-order valence-corrected chi connectivity index (χ3v) is 4.79. The summed E-state index contributed by atoms with van der Waals surface area (Å²) in [6, 6.07) is 11.9. The van der Waals surface area contributed by atoms with Crippen molar-refractivity contribution >= 4 is 11.6 Å². The number of aromatic nitrogens is 1. The van der Waals surface area contributed by atoms with E-state index in [1.54, 1.807) is 0 Å². The Labute approximate surface area is 166 Å². The standard InChI is InChI=1S/C22H29N3O3/c1-4-13-27-22-10-7-19(14-23-22)25-12-11-21(15-25)28-20-8-5-18(6-9-20)16(2)24-17(3)26/h5-10,14,16,21H,4,11-13,15H2,1-3H3,(H,24,26)/t16-,21?/m0/s1. The third kappa shape index (κ3) is 5.38. The minimum absolute atomic E-state index is 0.00898. The molecule has 0 radical (unpaired) electrons. The number of anilines is 1. The number of rotatable bonds is 8. The van der Waals surface area contributed by atoms with Crippen molar-refractivity contribution in [2.45, 2.75) is 45.8 Å². The van der Waals surface area contributed by atoms with Crippen molar-refractivity contribution < 1.29 is 14.3 Å². The largest absolute Gasteiger partial charge is 0.489 e. The first-order valence-electron chi connectivity index (χ1n) is 9.92. The Balaban J connectivity index is 1.52. The summed E-state index contributed by atoms with van der Waals surface area (Å²) < 4.78 is 11.7. The van der Waals surface area contributed by atoms with Gasteiger partial charge in [-0.1, -0.05) is 19.1 Å². The fourth-order valence-corrected chi connectivity index (χ4v) is 3.33. The van der Waals surface area contributed by atoms with E-state index < -0.39 is 0 Å². The summed E-state index contributed by atoms with van der Waals surface area (Å²) in [5.41, 5.74) is 2.15. The van der Waals surface area contributed by atoms with Crippen molar-refractivity contribution in [2.75, 3.05) is 24.6 Å². The molecule has 1 saturated heterocycles. The number of benzene rings is 1. The predicted molar refractivity (Wildman–Crippen MR) is 110 cm³/mol. The Hall–Kier alpha value is -2.76. The molecule has 2 atom stereocenters. The van der Waals surface area contributed by atoms with Crippen LogP contribution in [0.1, 0.15) is 45.2 Å². The average Bonchev–Trinajstić information content (AvgIpc) is 3.15. The zero-order valence-corrected chi connectivity index (χ0v) is 16.9. The van der Waals surface area contributed by atoms with Crippen LogP contribution in [0, 0.1) is 0 Å². The maximum absolute atomic E-state index is 11.2. The molecule has 1 aromatic heterocycles. The number of carbonyl (C=O) groups excluding carboxylic acids is 1. The SMILES string of the molecule is CCCOc1ccc(N2CCC(Oc3ccc([C@H](C)NC(C)=O)cc3)C2)cn1. The van der Waals surface area contributed by atoms with E-state index in [4.69, 9.17) is 9.47 Å². The van der Waals surface area contributed by atoms with E-state index >= 15 is 0 Å². The third-order valence-electron chi connectivity index (χ3n) is 4.79. The fraction of sp³-hybridized carbons (Fsp3) is 0.455. The monoisotopic (exact) mass is 383 g/mol. The van der Waals surface area contributed by atoms with Crippen LogP contribution >= 0.6 is 0 Å². The Morgan fingerprint density at radius 3 is 2.71 bits per heavy atom. The van der Waals surface area contributed by atoms with Gasteiger partial charge in [0.05, 0.1) is 31.1 Å². The lowest BCUT2D eigenvalue weighted by Crippen LogP contribution is -2.25. The molecular weight excluding hydrogens is 354 g/mol. The van der Waals surface area contributed by atoms with Gasteiger partial charge in [-0.15, -0.1) is 0 Å². The Bertz CT molecular complexity index is 762. The highest BCUT2D eigenvalue weighted by atomic mass is 16.5. The lowest BCUT2D eigenvalue weighted by Gasteiger charge is -2.19. The molecule has 6 nitrogen and oxygen atoms in total. The first-order chi connectivity index (χ1) is 13.5. The normalized spacial score (nSPS) is 17.2. The van der Waals surface area contributed by atoms with Crippen LogP contribution in [0.15, 0.2) is 42.6 Å². The van der Waals surface area contributed by atoms with Gasteiger partial charge in [-0.05, 0) is 37.1 Å². The van der Waals surface area contributed by atoms with Gasteiger partial charge in [-0.25, -0.2) is 4.98 Å². The van der Waals surface area contributed by atoms with E-state index in [2.05, 4.69) is 28.2 Å². The minimum Gasteiger partial charge on any atom is -0.489 e. The molecule has 1 N–H and O–H groups in total. The maximum atomic E-state index is 11.2. The number of pyridine rings is 1. The second-order valence-electron chi connectivity index (χ2n) is 7.17. The summed E-state index contributed by atoms with van der Waals surface area (Å²) in [6.07, 6.45) is 3.96. The Morgan fingerprint density at radius 1 is 1.29 bits per heavy atom. The van der Waals surface area contributed by atoms with Gasteiger partial charge in [0.1, 0.15) is 11.9 Å². The lowest BCUT2D eigenvalue weighted by molar-refractivity contribution is -0.119. The van der Waals surface area contributed by atoms with Crippen LogP contribution in [0.3, 0.4) is 0 Å². The van der Waals surface area contributed by atoms with Crippen molar-refractivity contribution in [3.8, 4) is 11.6 Å². The Kier molecular flexibility index (Phi) is 6.74. The van der Waals surface area contributed by atoms with Crippen molar-refractivity contribution in [1.82, 2.24) is 10.3 Å². The van der Waals surface area contributed by atoms with Gasteiger partial charge in [-0.2, -0.15) is 0 Å². The summed E-state index contributed by atoms with van der Waals surface area (Å²) in [5, 5.41) is 2.89. The number of ether oxygens (including phenoxy) is 2. The van der Waals surface area contributed by atoms with Crippen LogP contribution < -0.4 is 19.7 Å². The van der Waals surface area contributed by atoms with E-state index in [1.807, 2.05) is 43.5 Å². The van der Waals surface area contributed by atoms with E-state index in [9.17, 15) is 4.79 Å². The zero-order chi connectivity index (χ0) is 19.9. The number of amides is 1. The molecule has 2 aromatic rings. The summed E-state index contributed by atoms with van der Waals surface area (Å²) in [5.74, 6) is 1.50. The van der Waals surface area contributed by atoms with Crippen LogP contribution in [-0.2, 0) is 4.79 Å². The predicted octanol–water partition coefficient (Wildman–Crippen LogP) is 3.73. The van der Waals surface area contributed by atoms with Crippen LogP contribution in [0.5, 0.6) is 11.6 Å². The van der Waals surface area contributed by atoms with Gasteiger partial charge >= 0.3 is 0 Å². The fourth-order valence-electron chi connectivity index (χ4n) is 3.33. The van der Waals surface area contributed by atoms with E-state index in [-0.39, 0.29) is 18.1 Å². The molecule has 1 aliphatic heterocycles. The molecule has 1 unspecified atom stereocenters. The molecule has 28 heavy (non-hydrogen) atoms. The van der Waals surface area contributed by atoms with Crippen LogP contribution in [0.4, 0.5) is 5.69 Å². The van der Waals surface area contributed by atoms with Gasteiger partial charge in [0.25, 0.3) is 0 Å². The molecule has 0 saturated carbocycles. The topological polar surface area (TPSA) is 63.7 Å². The number of nitrogens with zero attached hydrogens (tertiary/aromatic N) is 2. The quantitative estimate of drug-likeness (QED) is 0.753. The number of hydrogen-bond acceptors (Lipinski definition) is 5. The molecule has 2 heterocycles. The smallest absolute Gasteiger partial charge is 0.217 e. The van der Waals surface area contributed by atoms with Gasteiger partial charge in [-0.3, -0.25) is 4.79 Å². The van der Waals surface area contributed by atoms with Crippen molar-refractivity contribution in [2.24, 2.45) is 0 Å². The van der Waals surface area contributed by atoms with Crippen LogP contribution in [-0.4, -0.2) is 36.7 Å². The summed E-state index contributed by atoms with van der Waals surface area (Å²) in [7, 11) is 0. The molecular formula is C22H29N3O3. The van der Waals surface area contributed by atoms with E-state index in [1.165, 1.54) is 6.92 Å². The average molecular weight is 383 g/mol. The number of hydrogen-bond donors (Lipinski definition) is 1. The minimum atomic E-state index is -0.0293. The van der Waals surface area contributed by atoms with E-state index in [0.29, 0.717) is 12.5 Å². The molecule has 1 aliphatic rings. The summed E-state index contributed by atoms with van der Waals surface area (Å²) in [4.78, 5) is 17.9. The summed E-state index contributed by atoms with van der Waals surface area (Å²) >= 11 is 0. The first-order valence-corrected chi connectivity index (χ1v) is 9.92. The summed E-state index contributed by atoms with van der Waals surface area (Å²) in [6.45, 7) is 8.05. The highest BCUT2D eigenvalue weighted by Gasteiger charge is 2.24. The molecule has 0 bridgehead atoms. The molecule has 3 rings (SSSR count). The maximum Gasteiger partial charge on any atom is 0.217 e. The van der Waals surface area contributed by atoms with Crippen LogP contribution in [0.25, 0.3) is 0 Å². The van der Waals surface area contributed by atoms with Gasteiger partial charge in [0.2, 0.25) is 11.8 Å². The van der Waals surface area contributed by atoms with Crippen molar-refractivity contribution in [3.05, 3.63) is 48.2 Å². The highest BCUT2D eigenvalue weighted by molar-refractivity contribution is 5.73. The molecule has 6 heteroatoms. The van der Waals surface area contributed by atoms with Gasteiger partial charge < -0.3 is 19.7 Å². The van der Waals surface area contributed by atoms with Crippen molar-refractivity contribution in [3.63, 3.8) is 0 Å². The molecule has 1 amide bonds. The Morgan fingerprint density at radius 2 is 2.07 bits per heavy atom. The molecule has 1 fully saturated rings. The second-order valence-corrected chi connectivity index (χ2v) is 7.17. The second kappa shape index (κ2) is 9.44. The first kappa shape index (κ1) is 20.0. The van der Waals surface area contributed by atoms with E-state index in [0.717, 1.165) is 42.9 Å². The van der Waals surface area contributed by atoms with Gasteiger partial charge in [0.15, 0.2) is 0 Å². The zero-order valence-electron chi connectivity index (χ0n) is 16.9. The molecule has 150 valence electrons.